The van der Waals surface area contributed by atoms with Crippen molar-refractivity contribution in [2.45, 2.75) is 43.5 Å². The molecule has 0 radical (unpaired) electrons. The molecule has 2 heteroatoms. The van der Waals surface area contributed by atoms with Gasteiger partial charge in [0.2, 0.25) is 0 Å². The van der Waals surface area contributed by atoms with Crippen LogP contribution in [0, 0.1) is 5.92 Å². The van der Waals surface area contributed by atoms with Gasteiger partial charge < -0.3 is 4.90 Å². The quantitative estimate of drug-likeness (QED) is 0.788. The maximum absolute atomic E-state index is 2.70. The molecule has 0 spiro atoms. The molecule has 0 saturated heterocycles. The molecule has 0 amide bonds. The predicted molar refractivity (Wildman–Crippen MR) is 79.3 cm³/mol. The van der Waals surface area contributed by atoms with Crippen LogP contribution in [0.2, 0.25) is 0 Å². The Hall–Kier alpha value is -0.470. The van der Waals surface area contributed by atoms with Crippen LogP contribution in [0.5, 0.6) is 0 Å². The molecular weight excluding hydrogens is 238 g/mol. The van der Waals surface area contributed by atoms with Gasteiger partial charge in [-0.15, -0.1) is 11.8 Å². The van der Waals surface area contributed by atoms with E-state index in [4.69, 9.17) is 0 Å². The molecular formula is C16H23NS. The van der Waals surface area contributed by atoms with Crippen LogP contribution in [0.4, 0.5) is 0 Å². The summed E-state index contributed by atoms with van der Waals surface area (Å²) in [6.07, 6.45) is 2.92. The molecule has 0 bridgehead atoms. The van der Waals surface area contributed by atoms with Gasteiger partial charge in [0, 0.05) is 35.7 Å². The van der Waals surface area contributed by atoms with Crippen molar-refractivity contribution in [2.24, 2.45) is 5.92 Å². The Morgan fingerprint density at radius 3 is 2.72 bits per heavy atom. The van der Waals surface area contributed by atoms with Crippen LogP contribution in [0.3, 0.4) is 0 Å². The van der Waals surface area contributed by atoms with Crippen molar-refractivity contribution in [3.63, 3.8) is 0 Å². The number of hydrogen-bond donors (Lipinski definition) is 0. The van der Waals surface area contributed by atoms with Crippen molar-refractivity contribution in [3.05, 3.63) is 29.8 Å². The number of benzene rings is 1. The number of rotatable bonds is 5. The first-order valence-electron chi connectivity index (χ1n) is 7.20. The van der Waals surface area contributed by atoms with Gasteiger partial charge >= 0.3 is 0 Å². The highest BCUT2D eigenvalue weighted by Crippen LogP contribution is 2.40. The zero-order valence-corrected chi connectivity index (χ0v) is 12.2. The van der Waals surface area contributed by atoms with E-state index in [0.29, 0.717) is 6.04 Å². The van der Waals surface area contributed by atoms with E-state index in [2.05, 4.69) is 43.0 Å². The molecule has 1 heterocycles. The van der Waals surface area contributed by atoms with Gasteiger partial charge in [-0.3, -0.25) is 0 Å². The van der Waals surface area contributed by atoms with Crippen LogP contribution >= 0.6 is 11.8 Å². The van der Waals surface area contributed by atoms with Crippen molar-refractivity contribution < 1.29 is 0 Å². The number of nitrogens with zero attached hydrogens (tertiary/aromatic N) is 1. The molecule has 1 aromatic carbocycles. The summed E-state index contributed by atoms with van der Waals surface area (Å²) in [5, 5.41) is 0. The lowest BCUT2D eigenvalue weighted by Gasteiger charge is -2.29. The van der Waals surface area contributed by atoms with Gasteiger partial charge in [0.25, 0.3) is 0 Å². The lowest BCUT2D eigenvalue weighted by atomic mass is 10.00. The van der Waals surface area contributed by atoms with E-state index < -0.39 is 0 Å². The summed E-state index contributed by atoms with van der Waals surface area (Å²) < 4.78 is 0. The van der Waals surface area contributed by atoms with Gasteiger partial charge in [-0.05, 0) is 44.2 Å². The van der Waals surface area contributed by atoms with Crippen molar-refractivity contribution >= 4 is 11.8 Å². The molecule has 3 rings (SSSR count). The Morgan fingerprint density at radius 1 is 1.22 bits per heavy atom. The standard InChI is InChI=1S/C16H23NS/c1-12(2)17(9-13-7-8-13)10-14-11-18-16-6-4-3-5-15(14)16/h3-6,12-14H,7-11H2,1-2H3. The van der Waals surface area contributed by atoms with Crippen molar-refractivity contribution in [1.82, 2.24) is 4.90 Å². The highest BCUT2D eigenvalue weighted by Gasteiger charge is 2.29. The maximum Gasteiger partial charge on any atom is 0.0108 e. The van der Waals surface area contributed by atoms with Gasteiger partial charge in [0.05, 0.1) is 0 Å². The van der Waals surface area contributed by atoms with Crippen LogP contribution in [-0.4, -0.2) is 29.8 Å². The molecule has 0 N–H and O–H groups in total. The highest BCUT2D eigenvalue weighted by molar-refractivity contribution is 7.99. The average Bonchev–Trinajstić information content (AvgIpc) is 3.09. The highest BCUT2D eigenvalue weighted by atomic mass is 32.2. The molecule has 1 nitrogen and oxygen atoms in total. The summed E-state index contributed by atoms with van der Waals surface area (Å²) in [4.78, 5) is 4.21. The SMILES string of the molecule is CC(C)N(CC1CC1)CC1CSc2ccccc21. The van der Waals surface area contributed by atoms with E-state index in [1.165, 1.54) is 36.6 Å². The second-order valence-corrected chi connectivity index (χ2v) is 7.10. The van der Waals surface area contributed by atoms with Crippen LogP contribution in [0.1, 0.15) is 38.2 Å². The average molecular weight is 261 g/mol. The fourth-order valence-corrected chi connectivity index (χ4v) is 4.03. The Morgan fingerprint density at radius 2 is 2.00 bits per heavy atom. The third-order valence-corrected chi connectivity index (χ3v) is 5.43. The fraction of sp³-hybridized carbons (Fsp3) is 0.625. The molecule has 18 heavy (non-hydrogen) atoms. The van der Waals surface area contributed by atoms with Crippen LogP contribution in [-0.2, 0) is 0 Å². The van der Waals surface area contributed by atoms with E-state index in [-0.39, 0.29) is 0 Å². The van der Waals surface area contributed by atoms with E-state index in [1.54, 1.807) is 5.56 Å². The lowest BCUT2D eigenvalue weighted by molar-refractivity contribution is 0.203. The monoisotopic (exact) mass is 261 g/mol. The second kappa shape index (κ2) is 5.26. The van der Waals surface area contributed by atoms with E-state index in [1.807, 2.05) is 11.8 Å². The Labute approximate surface area is 115 Å². The first-order valence-corrected chi connectivity index (χ1v) is 8.18. The number of hydrogen-bond acceptors (Lipinski definition) is 2. The molecule has 98 valence electrons. The third kappa shape index (κ3) is 2.75. The summed E-state index contributed by atoms with van der Waals surface area (Å²) >= 11 is 2.04. The molecule has 2 aliphatic rings. The van der Waals surface area contributed by atoms with Gasteiger partial charge in [-0.1, -0.05) is 18.2 Å². The van der Waals surface area contributed by atoms with Crippen LogP contribution < -0.4 is 0 Å². The number of fused-ring (bicyclic) bond motifs is 1. The van der Waals surface area contributed by atoms with Gasteiger partial charge in [0.1, 0.15) is 0 Å². The third-order valence-electron chi connectivity index (χ3n) is 4.17. The molecule has 1 atom stereocenters. The minimum Gasteiger partial charge on any atom is -0.300 e. The Balaban J connectivity index is 1.68. The molecule has 1 aliphatic carbocycles. The smallest absolute Gasteiger partial charge is 0.0108 e. The first kappa shape index (κ1) is 12.6. The predicted octanol–water partition coefficient (Wildman–Crippen LogP) is 4.00. The summed E-state index contributed by atoms with van der Waals surface area (Å²) in [5.41, 5.74) is 1.59. The summed E-state index contributed by atoms with van der Waals surface area (Å²) in [7, 11) is 0. The zero-order valence-electron chi connectivity index (χ0n) is 11.4. The molecule has 1 aliphatic heterocycles. The van der Waals surface area contributed by atoms with E-state index in [9.17, 15) is 0 Å². The lowest BCUT2D eigenvalue weighted by Crippen LogP contribution is -2.36. The molecule has 1 fully saturated rings. The largest absolute Gasteiger partial charge is 0.300 e. The normalized spacial score (nSPS) is 22.8. The van der Waals surface area contributed by atoms with E-state index >= 15 is 0 Å². The maximum atomic E-state index is 2.70. The summed E-state index contributed by atoms with van der Waals surface area (Å²) in [6, 6.07) is 9.65. The molecule has 1 aromatic rings. The van der Waals surface area contributed by atoms with Crippen molar-refractivity contribution in [2.75, 3.05) is 18.8 Å². The summed E-state index contributed by atoms with van der Waals surface area (Å²) in [6.45, 7) is 7.26. The Bertz CT molecular complexity index is 411. The van der Waals surface area contributed by atoms with Crippen LogP contribution in [0.25, 0.3) is 0 Å². The number of thioether (sulfide) groups is 1. The molecule has 0 aromatic heterocycles. The van der Waals surface area contributed by atoms with Crippen LogP contribution in [0.15, 0.2) is 29.2 Å². The molecule has 1 saturated carbocycles. The fourth-order valence-electron chi connectivity index (χ4n) is 2.79. The van der Waals surface area contributed by atoms with Crippen molar-refractivity contribution in [3.8, 4) is 0 Å². The zero-order chi connectivity index (χ0) is 12.5. The van der Waals surface area contributed by atoms with Crippen molar-refractivity contribution in [1.29, 1.82) is 0 Å². The first-order chi connectivity index (χ1) is 8.74. The topological polar surface area (TPSA) is 3.24 Å². The minimum absolute atomic E-state index is 0.684. The summed E-state index contributed by atoms with van der Waals surface area (Å²) in [5.74, 6) is 3.01. The van der Waals surface area contributed by atoms with Gasteiger partial charge in [0.15, 0.2) is 0 Å². The Kier molecular flexibility index (Phi) is 3.67. The van der Waals surface area contributed by atoms with Gasteiger partial charge in [-0.25, -0.2) is 0 Å². The minimum atomic E-state index is 0.684. The van der Waals surface area contributed by atoms with Gasteiger partial charge in [-0.2, -0.15) is 0 Å². The molecule has 1 unspecified atom stereocenters. The van der Waals surface area contributed by atoms with E-state index in [0.717, 1.165) is 11.8 Å². The second-order valence-electron chi connectivity index (χ2n) is 6.04.